The molecule has 1 saturated carbocycles. The molecule has 0 spiro atoms. The minimum atomic E-state index is -0.0990. The predicted molar refractivity (Wildman–Crippen MR) is 157 cm³/mol. The van der Waals surface area contributed by atoms with Gasteiger partial charge in [-0.3, -0.25) is 19.6 Å². The maximum absolute atomic E-state index is 13.3. The number of hydrogen-bond donors (Lipinski definition) is 4. The summed E-state index contributed by atoms with van der Waals surface area (Å²) in [5.41, 5.74) is 18.1. The summed E-state index contributed by atoms with van der Waals surface area (Å²) in [6.45, 7) is 2.97. The Kier molecular flexibility index (Phi) is 8.19. The maximum atomic E-state index is 13.3. The van der Waals surface area contributed by atoms with E-state index < -0.39 is 0 Å². The van der Waals surface area contributed by atoms with E-state index in [1.165, 1.54) is 5.56 Å². The van der Waals surface area contributed by atoms with Crippen molar-refractivity contribution >= 4 is 17.5 Å². The van der Waals surface area contributed by atoms with Crippen molar-refractivity contribution < 1.29 is 14.3 Å². The number of methoxy groups -OCH3 is 1. The van der Waals surface area contributed by atoms with Gasteiger partial charge >= 0.3 is 0 Å². The third-order valence-corrected chi connectivity index (χ3v) is 7.26. The molecule has 6 N–H and O–H groups in total. The van der Waals surface area contributed by atoms with E-state index >= 15 is 0 Å². The van der Waals surface area contributed by atoms with Gasteiger partial charge in [-0.05, 0) is 49.9 Å². The van der Waals surface area contributed by atoms with Crippen LogP contribution < -0.4 is 26.8 Å². The highest BCUT2D eigenvalue weighted by Gasteiger charge is 2.29. The summed E-state index contributed by atoms with van der Waals surface area (Å²) in [4.78, 5) is 36.2. The van der Waals surface area contributed by atoms with Crippen molar-refractivity contribution in [2.45, 2.75) is 32.6 Å². The maximum Gasteiger partial charge on any atom is 0.272 e. The summed E-state index contributed by atoms with van der Waals surface area (Å²) >= 11 is 0. The number of para-hydroxylation sites is 1. The molecule has 2 amide bonds. The molecule has 1 fully saturated rings. The molecule has 0 saturated heterocycles. The van der Waals surface area contributed by atoms with Gasteiger partial charge in [-0.2, -0.15) is 0 Å². The average molecular weight is 554 g/mol. The number of nitrogens with two attached hydrogens (primary N) is 2. The molecular formula is C31H35N7O3. The first-order chi connectivity index (χ1) is 19.8. The van der Waals surface area contributed by atoms with Gasteiger partial charge in [0.15, 0.2) is 0 Å². The molecule has 1 aliphatic carbocycles. The Morgan fingerprint density at radius 2 is 1.85 bits per heavy atom. The van der Waals surface area contributed by atoms with Gasteiger partial charge in [-0.15, -0.1) is 0 Å². The summed E-state index contributed by atoms with van der Waals surface area (Å²) in [5, 5.41) is 6.00. The second-order valence-electron chi connectivity index (χ2n) is 10.3. The molecule has 212 valence electrons. The molecule has 0 atom stereocenters. The van der Waals surface area contributed by atoms with E-state index in [-0.39, 0.29) is 23.6 Å². The predicted octanol–water partition coefficient (Wildman–Crippen LogP) is 3.32. The van der Waals surface area contributed by atoms with E-state index in [4.69, 9.17) is 16.2 Å². The largest absolute Gasteiger partial charge is 0.494 e. The number of amides is 2. The highest BCUT2D eigenvalue weighted by Crippen LogP contribution is 2.37. The van der Waals surface area contributed by atoms with Crippen LogP contribution in [0.15, 0.2) is 78.1 Å². The Balaban J connectivity index is 1.32. The summed E-state index contributed by atoms with van der Waals surface area (Å²) < 4.78 is 5.78. The summed E-state index contributed by atoms with van der Waals surface area (Å²) in [7, 11) is 1.58. The van der Waals surface area contributed by atoms with E-state index in [9.17, 15) is 9.59 Å². The number of anilines is 1. The Morgan fingerprint density at radius 1 is 1.05 bits per heavy atom. The first-order valence-electron chi connectivity index (χ1n) is 13.7. The molecule has 10 nitrogen and oxygen atoms in total. The van der Waals surface area contributed by atoms with Crippen LogP contribution in [0.2, 0.25) is 0 Å². The van der Waals surface area contributed by atoms with Crippen LogP contribution in [0.1, 0.15) is 41.5 Å². The zero-order chi connectivity index (χ0) is 28.9. The quantitative estimate of drug-likeness (QED) is 0.311. The van der Waals surface area contributed by atoms with Crippen LogP contribution >= 0.6 is 0 Å². The summed E-state index contributed by atoms with van der Waals surface area (Å²) in [6, 6.07) is 13.3. The highest BCUT2D eigenvalue weighted by atomic mass is 16.5. The SMILES string of the molecule is COc1c(NC(/C=C(\N)NC(=O)C2CC2)=C(\C)N)cccc1-c1ccc(C(=O)N2CCc3cccnc3CC2)nc1. The van der Waals surface area contributed by atoms with Gasteiger partial charge in [0.25, 0.3) is 5.91 Å². The number of allylic oxidation sites excluding steroid dienone is 2. The number of ether oxygens (including phenoxy) is 1. The fourth-order valence-corrected chi connectivity index (χ4v) is 4.83. The third kappa shape index (κ3) is 6.49. The number of rotatable bonds is 8. The lowest BCUT2D eigenvalue weighted by Crippen LogP contribution is -2.33. The standard InChI is InChI=1S/C31H35N7O3/c1-19(32)27(17-28(33)37-30(39)21-8-9-21)36-25-7-3-6-23(29(25)41-2)22-10-11-26(35-18-22)31(40)38-15-12-20-5-4-14-34-24(20)13-16-38/h3-7,10-11,14,17-18,21,36H,8-9,12-13,15-16,32-33H2,1-2H3,(H,37,39)/b27-19+,28-17+. The van der Waals surface area contributed by atoms with Crippen molar-refractivity contribution in [1.82, 2.24) is 20.2 Å². The van der Waals surface area contributed by atoms with Crippen molar-refractivity contribution in [1.29, 1.82) is 0 Å². The zero-order valence-corrected chi connectivity index (χ0v) is 23.3. The zero-order valence-electron chi connectivity index (χ0n) is 23.3. The van der Waals surface area contributed by atoms with Crippen LogP contribution in [0.3, 0.4) is 0 Å². The van der Waals surface area contributed by atoms with Crippen LogP contribution in [-0.2, 0) is 17.6 Å². The average Bonchev–Trinajstić information content (AvgIpc) is 3.84. The lowest BCUT2D eigenvalue weighted by atomic mass is 10.0. The minimum absolute atomic E-state index is 0.0344. The number of carbonyl (C=O) groups excluding carboxylic acids is 2. The van der Waals surface area contributed by atoms with Gasteiger partial charge in [-0.1, -0.05) is 24.3 Å². The number of carbonyl (C=O) groups is 2. The first-order valence-corrected chi connectivity index (χ1v) is 13.7. The van der Waals surface area contributed by atoms with Gasteiger partial charge in [-0.25, -0.2) is 0 Å². The summed E-state index contributed by atoms with van der Waals surface area (Å²) in [5.74, 6) is 0.627. The molecule has 0 bridgehead atoms. The molecule has 41 heavy (non-hydrogen) atoms. The van der Waals surface area contributed by atoms with Gasteiger partial charge < -0.3 is 31.7 Å². The number of pyridine rings is 2. The lowest BCUT2D eigenvalue weighted by molar-refractivity contribution is -0.121. The number of hydrogen-bond acceptors (Lipinski definition) is 8. The Hall–Kier alpha value is -4.86. The number of aromatic nitrogens is 2. The molecule has 3 heterocycles. The van der Waals surface area contributed by atoms with Gasteiger partial charge in [0.2, 0.25) is 5.91 Å². The van der Waals surface area contributed by atoms with Crippen molar-refractivity contribution in [3.05, 3.63) is 95.1 Å². The molecule has 0 radical (unpaired) electrons. The van der Waals surface area contributed by atoms with Crippen molar-refractivity contribution in [3.8, 4) is 16.9 Å². The van der Waals surface area contributed by atoms with Crippen LogP contribution in [0, 0.1) is 5.92 Å². The van der Waals surface area contributed by atoms with E-state index in [1.54, 1.807) is 38.6 Å². The minimum Gasteiger partial charge on any atom is -0.494 e. The number of nitrogens with zero attached hydrogens (tertiary/aromatic N) is 3. The Morgan fingerprint density at radius 3 is 2.56 bits per heavy atom. The van der Waals surface area contributed by atoms with Gasteiger partial charge in [0, 0.05) is 66.4 Å². The topological polar surface area (TPSA) is 148 Å². The Labute approximate surface area is 239 Å². The van der Waals surface area contributed by atoms with Crippen molar-refractivity contribution in [2.24, 2.45) is 17.4 Å². The Bertz CT molecular complexity index is 1480. The molecular weight excluding hydrogens is 518 g/mol. The molecule has 5 rings (SSSR count). The van der Waals surface area contributed by atoms with Gasteiger partial charge in [0.05, 0.1) is 18.5 Å². The molecule has 1 aliphatic heterocycles. The molecule has 3 aromatic rings. The molecule has 0 unspecified atom stereocenters. The second kappa shape index (κ2) is 12.1. The highest BCUT2D eigenvalue weighted by molar-refractivity contribution is 5.93. The van der Waals surface area contributed by atoms with Crippen LogP contribution in [-0.4, -0.2) is 46.9 Å². The van der Waals surface area contributed by atoms with Crippen molar-refractivity contribution in [2.75, 3.05) is 25.5 Å². The van der Waals surface area contributed by atoms with Crippen LogP contribution in [0.4, 0.5) is 5.69 Å². The third-order valence-electron chi connectivity index (χ3n) is 7.26. The van der Waals surface area contributed by atoms with Crippen LogP contribution in [0.25, 0.3) is 11.1 Å². The monoisotopic (exact) mass is 553 g/mol. The summed E-state index contributed by atoms with van der Waals surface area (Å²) in [6.07, 6.45) is 8.34. The fraction of sp³-hybridized carbons (Fsp3) is 0.290. The molecule has 2 aromatic heterocycles. The number of nitrogens with one attached hydrogen (secondary N) is 2. The molecule has 10 heteroatoms. The second-order valence-corrected chi connectivity index (χ2v) is 10.3. The lowest BCUT2D eigenvalue weighted by Gasteiger charge is -2.20. The van der Waals surface area contributed by atoms with Crippen LogP contribution in [0.5, 0.6) is 5.75 Å². The first kappa shape index (κ1) is 27.7. The van der Waals surface area contributed by atoms with E-state index in [2.05, 4.69) is 26.7 Å². The molecule has 1 aromatic carbocycles. The number of benzene rings is 1. The van der Waals surface area contributed by atoms with E-state index in [1.807, 2.05) is 35.2 Å². The number of fused-ring (bicyclic) bond motifs is 1. The smallest absolute Gasteiger partial charge is 0.272 e. The van der Waals surface area contributed by atoms with E-state index in [0.29, 0.717) is 41.6 Å². The van der Waals surface area contributed by atoms with Gasteiger partial charge in [0.1, 0.15) is 17.3 Å². The van der Waals surface area contributed by atoms with E-state index in [0.717, 1.165) is 42.5 Å². The fourth-order valence-electron chi connectivity index (χ4n) is 4.83. The molecule has 2 aliphatic rings. The van der Waals surface area contributed by atoms with Crippen molar-refractivity contribution in [3.63, 3.8) is 0 Å². The normalized spacial score (nSPS) is 15.8.